The van der Waals surface area contributed by atoms with E-state index >= 15 is 0 Å². The molecule has 8 heteroatoms. The first-order valence-corrected chi connectivity index (χ1v) is 8.11. The molecule has 0 saturated carbocycles. The highest BCUT2D eigenvalue weighted by Crippen LogP contribution is 2.18. The van der Waals surface area contributed by atoms with Crippen LogP contribution >= 0.6 is 0 Å². The van der Waals surface area contributed by atoms with Crippen molar-refractivity contribution in [3.05, 3.63) is 0 Å². The number of piperazine rings is 1. The summed E-state index contributed by atoms with van der Waals surface area (Å²) in [6, 6.07) is -0.336. The fraction of sp³-hybridized carbons (Fsp3) is 0.909. The van der Waals surface area contributed by atoms with Crippen molar-refractivity contribution >= 4 is 16.1 Å². The third-order valence-corrected chi connectivity index (χ3v) is 5.99. The molecule has 0 aromatic rings. The second-order valence-corrected chi connectivity index (χ2v) is 7.06. The molecule has 2 saturated heterocycles. The van der Waals surface area contributed by atoms with Gasteiger partial charge in [-0.3, -0.25) is 9.69 Å². The Morgan fingerprint density at radius 3 is 1.95 bits per heavy atom. The van der Waals surface area contributed by atoms with Crippen LogP contribution in [0.3, 0.4) is 0 Å². The summed E-state index contributed by atoms with van der Waals surface area (Å²) >= 11 is 0. The minimum Gasteiger partial charge on any atom is -0.368 e. The van der Waals surface area contributed by atoms with Gasteiger partial charge in [0.2, 0.25) is 5.91 Å². The van der Waals surface area contributed by atoms with Crippen molar-refractivity contribution in [2.24, 2.45) is 5.73 Å². The number of nitrogens with two attached hydrogens (primary N) is 1. The molecular formula is C11H22N4O3S. The van der Waals surface area contributed by atoms with Crippen molar-refractivity contribution in [2.75, 3.05) is 39.3 Å². The third-order valence-electron chi connectivity index (χ3n) is 3.95. The van der Waals surface area contributed by atoms with E-state index in [1.807, 2.05) is 4.90 Å². The second-order valence-electron chi connectivity index (χ2n) is 5.13. The molecule has 0 aromatic carbocycles. The van der Waals surface area contributed by atoms with Gasteiger partial charge in [0, 0.05) is 39.3 Å². The largest absolute Gasteiger partial charge is 0.368 e. The molecule has 0 bridgehead atoms. The topological polar surface area (TPSA) is 87.0 Å². The minimum atomic E-state index is -3.31. The van der Waals surface area contributed by atoms with Crippen LogP contribution in [0.15, 0.2) is 0 Å². The molecule has 2 heterocycles. The highest BCUT2D eigenvalue weighted by atomic mass is 32.2. The normalized spacial score (nSPS) is 25.5. The Kier molecular flexibility index (Phi) is 4.44. The van der Waals surface area contributed by atoms with Crippen LogP contribution in [0.5, 0.6) is 0 Å². The first kappa shape index (κ1) is 14.7. The summed E-state index contributed by atoms with van der Waals surface area (Å²) < 4.78 is 27.8. The van der Waals surface area contributed by atoms with E-state index in [1.54, 1.807) is 11.2 Å². The first-order chi connectivity index (χ1) is 8.93. The summed E-state index contributed by atoms with van der Waals surface area (Å²) in [5.74, 6) is -0.365. The van der Waals surface area contributed by atoms with Gasteiger partial charge in [0.1, 0.15) is 0 Å². The van der Waals surface area contributed by atoms with Crippen LogP contribution in [0.4, 0.5) is 0 Å². The fourth-order valence-electron chi connectivity index (χ4n) is 2.58. The Balaban J connectivity index is 1.94. The lowest BCUT2D eigenvalue weighted by atomic mass is 10.2. The van der Waals surface area contributed by atoms with E-state index in [4.69, 9.17) is 5.73 Å². The number of rotatable bonds is 4. The van der Waals surface area contributed by atoms with Gasteiger partial charge in [-0.25, -0.2) is 0 Å². The SMILES string of the molecule is CC(C(N)=O)N1CCN(S(=O)(=O)N2CCCC2)CC1. The molecule has 0 aliphatic carbocycles. The Labute approximate surface area is 114 Å². The number of carbonyl (C=O) groups excluding carboxylic acids is 1. The predicted molar refractivity (Wildman–Crippen MR) is 71.5 cm³/mol. The smallest absolute Gasteiger partial charge is 0.282 e. The maximum atomic E-state index is 12.3. The van der Waals surface area contributed by atoms with Crippen LogP contribution in [0.25, 0.3) is 0 Å². The lowest BCUT2D eigenvalue weighted by molar-refractivity contribution is -0.123. The number of hydrogen-bond acceptors (Lipinski definition) is 4. The summed E-state index contributed by atoms with van der Waals surface area (Å²) in [4.78, 5) is 13.1. The van der Waals surface area contributed by atoms with Gasteiger partial charge in [0.05, 0.1) is 6.04 Å². The molecule has 2 fully saturated rings. The van der Waals surface area contributed by atoms with Crippen LogP contribution in [-0.2, 0) is 15.0 Å². The lowest BCUT2D eigenvalue weighted by Crippen LogP contribution is -2.56. The van der Waals surface area contributed by atoms with E-state index in [0.717, 1.165) is 12.8 Å². The van der Waals surface area contributed by atoms with E-state index < -0.39 is 10.2 Å². The number of hydrogen-bond donors (Lipinski definition) is 1. The zero-order chi connectivity index (χ0) is 14.0. The number of amides is 1. The minimum absolute atomic E-state index is 0.336. The molecule has 2 aliphatic rings. The highest BCUT2D eigenvalue weighted by Gasteiger charge is 2.35. The van der Waals surface area contributed by atoms with Crippen LogP contribution < -0.4 is 5.73 Å². The average Bonchev–Trinajstić information content (AvgIpc) is 2.92. The van der Waals surface area contributed by atoms with Gasteiger partial charge in [-0.1, -0.05) is 0 Å². The monoisotopic (exact) mass is 290 g/mol. The first-order valence-electron chi connectivity index (χ1n) is 6.71. The van der Waals surface area contributed by atoms with E-state index in [2.05, 4.69) is 0 Å². The van der Waals surface area contributed by atoms with Gasteiger partial charge in [0.15, 0.2) is 0 Å². The van der Waals surface area contributed by atoms with Gasteiger partial charge in [-0.2, -0.15) is 17.0 Å². The van der Waals surface area contributed by atoms with Crippen molar-refractivity contribution in [3.8, 4) is 0 Å². The number of carbonyl (C=O) groups is 1. The van der Waals surface area contributed by atoms with Crippen LogP contribution in [-0.4, -0.2) is 73.1 Å². The Morgan fingerprint density at radius 1 is 1.00 bits per heavy atom. The van der Waals surface area contributed by atoms with Crippen LogP contribution in [0, 0.1) is 0 Å². The van der Waals surface area contributed by atoms with Crippen molar-refractivity contribution < 1.29 is 13.2 Å². The molecule has 110 valence electrons. The molecule has 2 rings (SSSR count). The second kappa shape index (κ2) is 5.74. The van der Waals surface area contributed by atoms with Crippen molar-refractivity contribution in [3.63, 3.8) is 0 Å². The molecular weight excluding hydrogens is 268 g/mol. The molecule has 0 aromatic heterocycles. The molecule has 1 atom stereocenters. The van der Waals surface area contributed by atoms with Gasteiger partial charge < -0.3 is 5.73 Å². The maximum Gasteiger partial charge on any atom is 0.282 e. The molecule has 0 spiro atoms. The summed E-state index contributed by atoms with van der Waals surface area (Å²) in [6.07, 6.45) is 1.88. The molecule has 19 heavy (non-hydrogen) atoms. The van der Waals surface area contributed by atoms with Crippen molar-refractivity contribution in [1.29, 1.82) is 0 Å². The number of primary amides is 1. The highest BCUT2D eigenvalue weighted by molar-refractivity contribution is 7.86. The van der Waals surface area contributed by atoms with E-state index in [0.29, 0.717) is 39.3 Å². The summed E-state index contributed by atoms with van der Waals surface area (Å²) in [5, 5.41) is 0. The van der Waals surface area contributed by atoms with Gasteiger partial charge in [-0.15, -0.1) is 0 Å². The number of nitrogens with zero attached hydrogens (tertiary/aromatic N) is 3. The molecule has 1 unspecified atom stereocenters. The maximum absolute atomic E-state index is 12.3. The molecule has 1 amide bonds. The Bertz CT molecular complexity index is 425. The molecule has 2 N–H and O–H groups in total. The lowest BCUT2D eigenvalue weighted by Gasteiger charge is -2.37. The van der Waals surface area contributed by atoms with E-state index in [1.165, 1.54) is 4.31 Å². The zero-order valence-electron chi connectivity index (χ0n) is 11.3. The van der Waals surface area contributed by atoms with Crippen LogP contribution in [0.2, 0.25) is 0 Å². The van der Waals surface area contributed by atoms with Gasteiger partial charge in [-0.05, 0) is 19.8 Å². The van der Waals surface area contributed by atoms with Crippen molar-refractivity contribution in [1.82, 2.24) is 13.5 Å². The predicted octanol–water partition coefficient (Wildman–Crippen LogP) is -1.18. The van der Waals surface area contributed by atoms with Crippen LogP contribution in [0.1, 0.15) is 19.8 Å². The quantitative estimate of drug-likeness (QED) is 0.706. The Hall–Kier alpha value is -0.700. The zero-order valence-corrected chi connectivity index (χ0v) is 12.1. The standard InChI is InChI=1S/C11H22N4O3S/c1-10(11(12)16)13-6-8-15(9-7-13)19(17,18)14-4-2-3-5-14/h10H,2-9H2,1H3,(H2,12,16). The van der Waals surface area contributed by atoms with E-state index in [-0.39, 0.29) is 11.9 Å². The van der Waals surface area contributed by atoms with E-state index in [9.17, 15) is 13.2 Å². The summed E-state index contributed by atoms with van der Waals surface area (Å²) in [5.41, 5.74) is 5.27. The van der Waals surface area contributed by atoms with Gasteiger partial charge >= 0.3 is 0 Å². The molecule has 2 aliphatic heterocycles. The summed E-state index contributed by atoms with van der Waals surface area (Å²) in [7, 11) is -3.31. The average molecular weight is 290 g/mol. The Morgan fingerprint density at radius 2 is 1.47 bits per heavy atom. The van der Waals surface area contributed by atoms with Crippen molar-refractivity contribution in [2.45, 2.75) is 25.8 Å². The van der Waals surface area contributed by atoms with Gasteiger partial charge in [0.25, 0.3) is 10.2 Å². The fourth-order valence-corrected chi connectivity index (χ4v) is 4.25. The molecule has 7 nitrogen and oxygen atoms in total. The molecule has 0 radical (unpaired) electrons. The summed E-state index contributed by atoms with van der Waals surface area (Å²) in [6.45, 7) is 4.97. The third kappa shape index (κ3) is 3.07.